The summed E-state index contributed by atoms with van der Waals surface area (Å²) in [4.78, 5) is 24.0. The Hall–Kier alpha value is -1.14. The van der Waals surface area contributed by atoms with Crippen LogP contribution in [0.15, 0.2) is 0 Å². The Morgan fingerprint density at radius 2 is 2.00 bits per heavy atom. The molecule has 1 unspecified atom stereocenters. The molecule has 1 aliphatic heterocycles. The molecule has 86 valence electrons. The molecule has 0 saturated carbocycles. The van der Waals surface area contributed by atoms with Gasteiger partial charge >= 0.3 is 0 Å². The Morgan fingerprint density at radius 1 is 1.40 bits per heavy atom. The van der Waals surface area contributed by atoms with Gasteiger partial charge in [-0.25, -0.2) is 0 Å². The predicted molar refractivity (Wildman–Crippen MR) is 51.9 cm³/mol. The van der Waals surface area contributed by atoms with E-state index in [1.165, 1.54) is 4.90 Å². The minimum absolute atomic E-state index is 0.124. The number of amides is 2. The fraction of sp³-hybridized carbons (Fsp3) is 0.778. The first kappa shape index (κ1) is 11.9. The van der Waals surface area contributed by atoms with Crippen LogP contribution in [0.2, 0.25) is 0 Å². The van der Waals surface area contributed by atoms with Crippen LogP contribution in [-0.4, -0.2) is 59.3 Å². The van der Waals surface area contributed by atoms with Crippen molar-refractivity contribution in [3.8, 4) is 0 Å². The summed E-state index contributed by atoms with van der Waals surface area (Å²) in [5.74, 6) is -0.356. The molecule has 15 heavy (non-hydrogen) atoms. The van der Waals surface area contributed by atoms with Crippen molar-refractivity contribution in [2.24, 2.45) is 0 Å². The highest BCUT2D eigenvalue weighted by Crippen LogP contribution is 2.09. The number of carbonyl (C=O) groups is 2. The van der Waals surface area contributed by atoms with Gasteiger partial charge in [0.05, 0.1) is 13.2 Å². The molecule has 6 heteroatoms. The summed E-state index contributed by atoms with van der Waals surface area (Å²) in [7, 11) is 0. The number of carbonyl (C=O) groups excluding carboxylic acids is 2. The molecular weight excluding hydrogens is 200 g/mol. The first-order valence-corrected chi connectivity index (χ1v) is 4.99. The number of nitrogens with zero attached hydrogens (tertiary/aromatic N) is 1. The van der Waals surface area contributed by atoms with Crippen LogP contribution in [0, 0.1) is 0 Å². The molecule has 1 heterocycles. The smallest absolute Gasteiger partial charge is 0.245 e. The lowest BCUT2D eigenvalue weighted by Gasteiger charge is -2.23. The number of aliphatic hydroxyl groups excluding tert-OH is 2. The molecule has 1 atom stereocenters. The first-order valence-electron chi connectivity index (χ1n) is 4.99. The van der Waals surface area contributed by atoms with Crippen molar-refractivity contribution in [3.63, 3.8) is 0 Å². The molecule has 1 saturated heterocycles. The van der Waals surface area contributed by atoms with Gasteiger partial charge in [0, 0.05) is 19.5 Å². The third-order valence-electron chi connectivity index (χ3n) is 2.34. The van der Waals surface area contributed by atoms with Gasteiger partial charge in [0.2, 0.25) is 11.8 Å². The minimum Gasteiger partial charge on any atom is -0.395 e. The second-order valence-electron chi connectivity index (χ2n) is 3.43. The van der Waals surface area contributed by atoms with Gasteiger partial charge in [-0.2, -0.15) is 0 Å². The van der Waals surface area contributed by atoms with Crippen LogP contribution in [0.4, 0.5) is 0 Å². The van der Waals surface area contributed by atoms with Crippen LogP contribution in [0.3, 0.4) is 0 Å². The zero-order valence-electron chi connectivity index (χ0n) is 8.48. The number of rotatable bonds is 5. The quantitative estimate of drug-likeness (QED) is 0.499. The Morgan fingerprint density at radius 3 is 2.40 bits per heavy atom. The Labute approximate surface area is 87.9 Å². The van der Waals surface area contributed by atoms with E-state index in [-0.39, 0.29) is 38.1 Å². The monoisotopic (exact) mass is 216 g/mol. The average molecular weight is 216 g/mol. The molecular formula is C9H16N2O4. The van der Waals surface area contributed by atoms with E-state index in [1.54, 1.807) is 0 Å². The van der Waals surface area contributed by atoms with Crippen LogP contribution in [0.5, 0.6) is 0 Å². The maximum absolute atomic E-state index is 11.8. The molecule has 0 bridgehead atoms. The minimum atomic E-state index is -0.490. The van der Waals surface area contributed by atoms with Gasteiger partial charge in [-0.05, 0) is 6.42 Å². The highest BCUT2D eigenvalue weighted by atomic mass is 16.3. The largest absolute Gasteiger partial charge is 0.395 e. The summed E-state index contributed by atoms with van der Waals surface area (Å²) in [6.07, 6.45) is 0.855. The van der Waals surface area contributed by atoms with Crippen molar-refractivity contribution in [1.82, 2.24) is 10.2 Å². The van der Waals surface area contributed by atoms with Crippen LogP contribution in [0.25, 0.3) is 0 Å². The van der Waals surface area contributed by atoms with Gasteiger partial charge in [0.1, 0.15) is 6.04 Å². The van der Waals surface area contributed by atoms with Crippen molar-refractivity contribution in [1.29, 1.82) is 0 Å². The normalized spacial score (nSPS) is 20.1. The molecule has 1 fully saturated rings. The van der Waals surface area contributed by atoms with Crippen LogP contribution in [-0.2, 0) is 9.59 Å². The van der Waals surface area contributed by atoms with Crippen LogP contribution >= 0.6 is 0 Å². The van der Waals surface area contributed by atoms with Gasteiger partial charge in [0.25, 0.3) is 0 Å². The van der Waals surface area contributed by atoms with Crippen molar-refractivity contribution in [2.45, 2.75) is 18.9 Å². The van der Waals surface area contributed by atoms with Crippen molar-refractivity contribution < 1.29 is 19.8 Å². The van der Waals surface area contributed by atoms with Crippen LogP contribution in [0.1, 0.15) is 12.8 Å². The summed E-state index contributed by atoms with van der Waals surface area (Å²) < 4.78 is 0. The van der Waals surface area contributed by atoms with Crippen molar-refractivity contribution >= 4 is 11.8 Å². The SMILES string of the molecule is O=C1CCC(C(=O)N(CCO)CCO)N1. The van der Waals surface area contributed by atoms with Gasteiger partial charge in [-0.3, -0.25) is 9.59 Å². The molecule has 0 aromatic heterocycles. The summed E-state index contributed by atoms with van der Waals surface area (Å²) >= 11 is 0. The molecule has 0 aromatic carbocycles. The Kier molecular flexibility index (Phi) is 4.51. The van der Waals surface area contributed by atoms with Gasteiger partial charge < -0.3 is 20.4 Å². The molecule has 6 nitrogen and oxygen atoms in total. The van der Waals surface area contributed by atoms with Gasteiger partial charge in [-0.1, -0.05) is 0 Å². The summed E-state index contributed by atoms with van der Waals surface area (Å²) in [6.45, 7) is 0.0797. The maximum atomic E-state index is 11.8. The van der Waals surface area contributed by atoms with E-state index in [2.05, 4.69) is 5.32 Å². The van der Waals surface area contributed by atoms with E-state index in [1.807, 2.05) is 0 Å². The number of hydrogen-bond acceptors (Lipinski definition) is 4. The van der Waals surface area contributed by atoms with E-state index in [9.17, 15) is 9.59 Å². The van der Waals surface area contributed by atoms with E-state index in [0.29, 0.717) is 12.8 Å². The highest BCUT2D eigenvalue weighted by molar-refractivity contribution is 5.90. The van der Waals surface area contributed by atoms with E-state index in [4.69, 9.17) is 10.2 Å². The third-order valence-corrected chi connectivity index (χ3v) is 2.34. The number of hydrogen-bond donors (Lipinski definition) is 3. The topological polar surface area (TPSA) is 89.9 Å². The molecule has 0 radical (unpaired) electrons. The van der Waals surface area contributed by atoms with Crippen LogP contribution < -0.4 is 5.32 Å². The van der Waals surface area contributed by atoms with E-state index in [0.717, 1.165) is 0 Å². The fourth-order valence-electron chi connectivity index (χ4n) is 1.59. The standard InChI is InChI=1S/C9H16N2O4/c12-5-3-11(4-6-13)9(15)7-1-2-8(14)10-7/h7,12-13H,1-6H2,(H,10,14). The number of nitrogens with one attached hydrogen (secondary N) is 1. The molecule has 3 N–H and O–H groups in total. The van der Waals surface area contributed by atoms with Crippen molar-refractivity contribution in [2.75, 3.05) is 26.3 Å². The van der Waals surface area contributed by atoms with Gasteiger partial charge in [-0.15, -0.1) is 0 Å². The average Bonchev–Trinajstić information content (AvgIpc) is 2.63. The Bertz CT molecular complexity index is 238. The molecule has 1 rings (SSSR count). The van der Waals surface area contributed by atoms with E-state index < -0.39 is 6.04 Å². The predicted octanol–water partition coefficient (Wildman–Crippen LogP) is -1.92. The highest BCUT2D eigenvalue weighted by Gasteiger charge is 2.30. The molecule has 0 aromatic rings. The lowest BCUT2D eigenvalue weighted by Crippen LogP contribution is -2.46. The molecule has 0 spiro atoms. The molecule has 1 aliphatic rings. The lowest BCUT2D eigenvalue weighted by molar-refractivity contribution is -0.135. The molecule has 0 aliphatic carbocycles. The maximum Gasteiger partial charge on any atom is 0.245 e. The van der Waals surface area contributed by atoms with E-state index >= 15 is 0 Å². The first-order chi connectivity index (χ1) is 7.19. The zero-order chi connectivity index (χ0) is 11.3. The second kappa shape index (κ2) is 5.67. The zero-order valence-corrected chi connectivity index (χ0v) is 8.48. The second-order valence-corrected chi connectivity index (χ2v) is 3.43. The third kappa shape index (κ3) is 3.17. The fourth-order valence-corrected chi connectivity index (χ4v) is 1.59. The Balaban J connectivity index is 2.51. The van der Waals surface area contributed by atoms with Gasteiger partial charge in [0.15, 0.2) is 0 Å². The summed E-state index contributed by atoms with van der Waals surface area (Å²) in [5.41, 5.74) is 0. The van der Waals surface area contributed by atoms with Crippen molar-refractivity contribution in [3.05, 3.63) is 0 Å². The summed E-state index contributed by atoms with van der Waals surface area (Å²) in [6, 6.07) is -0.490. The number of aliphatic hydroxyl groups is 2. The molecule has 2 amide bonds. The summed E-state index contributed by atoms with van der Waals surface area (Å²) in [5, 5.41) is 20.0. The lowest BCUT2D eigenvalue weighted by atomic mass is 10.2.